The minimum absolute atomic E-state index is 0.0570. The standard InChI is InChI=1S/C11H11ClN2O6S2/c1-2-20-10(17)9(16)7-5-21-11(13-7)14-4-6(3-8(14)15)22(12,18)19/h5-6H,2-4H2,1H3. The van der Waals surface area contributed by atoms with Crippen molar-refractivity contribution < 1.29 is 27.5 Å². The number of hydrogen-bond donors (Lipinski definition) is 0. The Balaban J connectivity index is 2.17. The Bertz CT molecular complexity index is 729. The molecule has 1 amide bonds. The van der Waals surface area contributed by atoms with E-state index in [1.54, 1.807) is 6.92 Å². The second-order valence-corrected chi connectivity index (χ2v) is 8.12. The summed E-state index contributed by atoms with van der Waals surface area (Å²) in [5.41, 5.74) is -0.150. The van der Waals surface area contributed by atoms with Gasteiger partial charge in [-0.25, -0.2) is 18.2 Å². The van der Waals surface area contributed by atoms with Gasteiger partial charge in [-0.2, -0.15) is 0 Å². The summed E-state index contributed by atoms with van der Waals surface area (Å²) in [6.07, 6.45) is -0.243. The van der Waals surface area contributed by atoms with Crippen molar-refractivity contribution in [2.75, 3.05) is 18.1 Å². The smallest absolute Gasteiger partial charge is 0.381 e. The first-order valence-corrected chi connectivity index (χ1v) is 9.40. The van der Waals surface area contributed by atoms with Crippen molar-refractivity contribution in [3.8, 4) is 0 Å². The average molecular weight is 367 g/mol. The van der Waals surface area contributed by atoms with Crippen molar-refractivity contribution in [1.82, 2.24) is 4.98 Å². The van der Waals surface area contributed by atoms with E-state index < -0.39 is 32.0 Å². The summed E-state index contributed by atoms with van der Waals surface area (Å²) in [6, 6.07) is 0. The lowest BCUT2D eigenvalue weighted by Crippen LogP contribution is -2.27. The maximum absolute atomic E-state index is 11.8. The molecular formula is C11H11ClN2O6S2. The number of Topliss-reactive ketones (excluding diaryl/α,β-unsaturated/α-hetero) is 1. The Labute approximate surface area is 134 Å². The van der Waals surface area contributed by atoms with Crippen LogP contribution < -0.4 is 4.90 Å². The van der Waals surface area contributed by atoms with Crippen LogP contribution in [0.1, 0.15) is 23.8 Å². The Morgan fingerprint density at radius 2 is 2.23 bits per heavy atom. The Kier molecular flexibility index (Phi) is 4.83. The fraction of sp³-hybridized carbons (Fsp3) is 0.455. The minimum atomic E-state index is -3.86. The highest BCUT2D eigenvalue weighted by Crippen LogP contribution is 2.29. The quantitative estimate of drug-likeness (QED) is 0.324. The Morgan fingerprint density at radius 3 is 2.77 bits per heavy atom. The maximum Gasteiger partial charge on any atom is 0.381 e. The third-order valence-corrected chi connectivity index (χ3v) is 5.64. The number of esters is 1. The molecule has 8 nitrogen and oxygen atoms in total. The average Bonchev–Trinajstić information content (AvgIpc) is 3.03. The number of carbonyl (C=O) groups excluding carboxylic acids is 3. The molecule has 1 aliphatic heterocycles. The van der Waals surface area contributed by atoms with Crippen LogP contribution in [-0.2, 0) is 23.4 Å². The third-order valence-electron chi connectivity index (χ3n) is 2.90. The van der Waals surface area contributed by atoms with Gasteiger partial charge in [0.2, 0.25) is 15.0 Å². The first-order valence-electron chi connectivity index (χ1n) is 6.14. The number of halogens is 1. The van der Waals surface area contributed by atoms with E-state index in [1.165, 1.54) is 5.38 Å². The van der Waals surface area contributed by atoms with E-state index >= 15 is 0 Å². The third kappa shape index (κ3) is 3.45. The topological polar surface area (TPSA) is 111 Å². The van der Waals surface area contributed by atoms with Crippen molar-refractivity contribution in [3.05, 3.63) is 11.1 Å². The lowest BCUT2D eigenvalue weighted by Gasteiger charge is -2.11. The van der Waals surface area contributed by atoms with E-state index in [4.69, 9.17) is 10.7 Å². The highest BCUT2D eigenvalue weighted by Gasteiger charge is 2.39. The van der Waals surface area contributed by atoms with Crippen LogP contribution >= 0.6 is 22.0 Å². The summed E-state index contributed by atoms with van der Waals surface area (Å²) in [7, 11) is 1.39. The van der Waals surface area contributed by atoms with Crippen LogP contribution in [-0.4, -0.2) is 49.5 Å². The number of nitrogens with zero attached hydrogens (tertiary/aromatic N) is 2. The predicted octanol–water partition coefficient (Wildman–Crippen LogP) is 0.563. The van der Waals surface area contributed by atoms with Gasteiger partial charge < -0.3 is 4.74 Å². The van der Waals surface area contributed by atoms with Gasteiger partial charge >= 0.3 is 5.97 Å². The van der Waals surface area contributed by atoms with Gasteiger partial charge in [0.05, 0.1) is 6.61 Å². The minimum Gasteiger partial charge on any atom is -0.460 e. The van der Waals surface area contributed by atoms with Crippen LogP contribution in [0.3, 0.4) is 0 Å². The van der Waals surface area contributed by atoms with E-state index in [0.717, 1.165) is 16.2 Å². The van der Waals surface area contributed by atoms with E-state index in [1.807, 2.05) is 0 Å². The number of anilines is 1. The zero-order valence-corrected chi connectivity index (χ0v) is 13.7. The molecule has 0 saturated carbocycles. The first kappa shape index (κ1) is 16.8. The SMILES string of the molecule is CCOC(=O)C(=O)c1csc(N2CC(S(=O)(=O)Cl)CC2=O)n1. The molecule has 1 aliphatic rings. The van der Waals surface area contributed by atoms with Crippen molar-refractivity contribution in [1.29, 1.82) is 0 Å². The molecule has 11 heteroatoms. The van der Waals surface area contributed by atoms with E-state index in [0.29, 0.717) is 0 Å². The summed E-state index contributed by atoms with van der Waals surface area (Å²) < 4.78 is 27.1. The molecule has 0 bridgehead atoms. The summed E-state index contributed by atoms with van der Waals surface area (Å²) in [5, 5.41) is 0.431. The highest BCUT2D eigenvalue weighted by atomic mass is 35.7. The Morgan fingerprint density at radius 1 is 1.55 bits per heavy atom. The normalized spacial score (nSPS) is 18.5. The van der Waals surface area contributed by atoms with Gasteiger partial charge in [0, 0.05) is 29.0 Å². The molecule has 1 unspecified atom stereocenters. The van der Waals surface area contributed by atoms with Gasteiger partial charge in [0.25, 0.3) is 5.78 Å². The number of aromatic nitrogens is 1. The second-order valence-electron chi connectivity index (χ2n) is 4.37. The highest BCUT2D eigenvalue weighted by molar-refractivity contribution is 8.14. The van der Waals surface area contributed by atoms with Crippen LogP contribution in [0, 0.1) is 0 Å². The molecule has 0 radical (unpaired) electrons. The van der Waals surface area contributed by atoms with Crippen molar-refractivity contribution in [3.63, 3.8) is 0 Å². The lowest BCUT2D eigenvalue weighted by molar-refractivity contribution is -0.137. The summed E-state index contributed by atoms with van der Waals surface area (Å²) in [6.45, 7) is 1.49. The fourth-order valence-electron chi connectivity index (χ4n) is 1.84. The van der Waals surface area contributed by atoms with Crippen molar-refractivity contribution in [2.24, 2.45) is 0 Å². The molecule has 1 atom stereocenters. The molecule has 2 heterocycles. The van der Waals surface area contributed by atoms with Gasteiger partial charge in [-0.3, -0.25) is 14.5 Å². The molecule has 2 rings (SSSR count). The molecule has 0 spiro atoms. The monoisotopic (exact) mass is 366 g/mol. The van der Waals surface area contributed by atoms with Crippen molar-refractivity contribution >= 4 is 53.9 Å². The van der Waals surface area contributed by atoms with Gasteiger partial charge in [0.1, 0.15) is 10.9 Å². The molecule has 120 valence electrons. The maximum atomic E-state index is 11.8. The summed E-state index contributed by atoms with van der Waals surface area (Å²) in [5.74, 6) is -2.41. The number of amides is 1. The summed E-state index contributed by atoms with van der Waals surface area (Å²) in [4.78, 5) is 39.9. The number of hydrogen-bond acceptors (Lipinski definition) is 8. The number of thiazole rings is 1. The van der Waals surface area contributed by atoms with Crippen LogP contribution in [0.5, 0.6) is 0 Å². The predicted molar refractivity (Wildman–Crippen MR) is 78.6 cm³/mol. The molecule has 1 aromatic heterocycles. The van der Waals surface area contributed by atoms with Crippen LogP contribution in [0.15, 0.2) is 5.38 Å². The van der Waals surface area contributed by atoms with Gasteiger partial charge in [-0.05, 0) is 6.92 Å². The largest absolute Gasteiger partial charge is 0.460 e. The van der Waals surface area contributed by atoms with E-state index in [-0.39, 0.29) is 30.4 Å². The van der Waals surface area contributed by atoms with E-state index in [9.17, 15) is 22.8 Å². The molecule has 22 heavy (non-hydrogen) atoms. The van der Waals surface area contributed by atoms with Gasteiger partial charge in [-0.1, -0.05) is 0 Å². The van der Waals surface area contributed by atoms with Gasteiger partial charge in [-0.15, -0.1) is 11.3 Å². The van der Waals surface area contributed by atoms with Gasteiger partial charge in [0.15, 0.2) is 5.13 Å². The molecule has 1 fully saturated rings. The molecule has 0 N–H and O–H groups in total. The number of carbonyl (C=O) groups is 3. The molecule has 0 aromatic carbocycles. The number of ether oxygens (including phenoxy) is 1. The molecule has 1 saturated heterocycles. The number of ketones is 1. The fourth-order valence-corrected chi connectivity index (χ4v) is 3.70. The van der Waals surface area contributed by atoms with Crippen LogP contribution in [0.4, 0.5) is 5.13 Å². The number of rotatable bonds is 5. The van der Waals surface area contributed by atoms with Crippen LogP contribution in [0.2, 0.25) is 0 Å². The second kappa shape index (κ2) is 6.31. The Hall–Kier alpha value is -1.52. The van der Waals surface area contributed by atoms with E-state index in [2.05, 4.69) is 9.72 Å². The summed E-state index contributed by atoms with van der Waals surface area (Å²) >= 11 is 0.955. The zero-order chi connectivity index (χ0) is 16.5. The van der Waals surface area contributed by atoms with Crippen LogP contribution in [0.25, 0.3) is 0 Å². The molecule has 1 aromatic rings. The van der Waals surface area contributed by atoms with Crippen molar-refractivity contribution in [2.45, 2.75) is 18.6 Å². The lowest BCUT2D eigenvalue weighted by atomic mass is 10.3. The molecular weight excluding hydrogens is 356 g/mol. The first-order chi connectivity index (χ1) is 10.2. The molecule has 0 aliphatic carbocycles. The zero-order valence-electron chi connectivity index (χ0n) is 11.3.